The SMILES string of the molecule is CCc1c(C)cc(Nc2cccc(N3CCCC3C)n2)c2nccn12. The summed E-state index contributed by atoms with van der Waals surface area (Å²) in [7, 11) is 0. The highest BCUT2D eigenvalue weighted by atomic mass is 15.2. The summed E-state index contributed by atoms with van der Waals surface area (Å²) in [5.74, 6) is 1.92. The number of hydrogen-bond donors (Lipinski definition) is 1. The quantitative estimate of drug-likeness (QED) is 0.771. The maximum atomic E-state index is 4.84. The zero-order chi connectivity index (χ0) is 17.4. The van der Waals surface area contributed by atoms with Crippen LogP contribution in [0.25, 0.3) is 5.65 Å². The number of anilines is 3. The van der Waals surface area contributed by atoms with E-state index in [0.29, 0.717) is 6.04 Å². The van der Waals surface area contributed by atoms with Gasteiger partial charge in [0.25, 0.3) is 0 Å². The Morgan fingerprint density at radius 3 is 2.96 bits per heavy atom. The van der Waals surface area contributed by atoms with Crippen molar-refractivity contribution in [3.63, 3.8) is 0 Å². The van der Waals surface area contributed by atoms with Gasteiger partial charge in [-0.2, -0.15) is 0 Å². The number of nitrogens with zero attached hydrogens (tertiary/aromatic N) is 4. The van der Waals surface area contributed by atoms with Gasteiger partial charge in [-0.15, -0.1) is 0 Å². The van der Waals surface area contributed by atoms with Crippen molar-refractivity contribution >= 4 is 23.0 Å². The van der Waals surface area contributed by atoms with E-state index >= 15 is 0 Å². The van der Waals surface area contributed by atoms with Gasteiger partial charge in [-0.05, 0) is 56.9 Å². The highest BCUT2D eigenvalue weighted by molar-refractivity contribution is 5.74. The minimum Gasteiger partial charge on any atom is -0.354 e. The summed E-state index contributed by atoms with van der Waals surface area (Å²) in [6.45, 7) is 7.69. The zero-order valence-electron chi connectivity index (χ0n) is 15.2. The van der Waals surface area contributed by atoms with Crippen LogP contribution < -0.4 is 10.2 Å². The van der Waals surface area contributed by atoms with Crippen LogP contribution in [-0.2, 0) is 6.42 Å². The lowest BCUT2D eigenvalue weighted by Gasteiger charge is -2.23. The summed E-state index contributed by atoms with van der Waals surface area (Å²) in [4.78, 5) is 11.8. The second kappa shape index (κ2) is 6.39. The maximum absolute atomic E-state index is 4.84. The monoisotopic (exact) mass is 335 g/mol. The fourth-order valence-electron chi connectivity index (χ4n) is 3.88. The number of pyridine rings is 2. The Balaban J connectivity index is 1.69. The molecule has 0 amide bonds. The van der Waals surface area contributed by atoms with Crippen LogP contribution in [0.15, 0.2) is 36.7 Å². The van der Waals surface area contributed by atoms with Crippen LogP contribution in [0.5, 0.6) is 0 Å². The van der Waals surface area contributed by atoms with Crippen LogP contribution in [-0.4, -0.2) is 27.0 Å². The second-order valence-corrected chi connectivity index (χ2v) is 6.85. The summed E-state index contributed by atoms with van der Waals surface area (Å²) < 4.78 is 2.17. The first-order chi connectivity index (χ1) is 12.2. The van der Waals surface area contributed by atoms with Crippen molar-refractivity contribution in [2.45, 2.75) is 46.1 Å². The molecule has 0 spiro atoms. The molecule has 0 radical (unpaired) electrons. The molecule has 0 aliphatic carbocycles. The molecule has 0 saturated carbocycles. The summed E-state index contributed by atoms with van der Waals surface area (Å²) in [6, 6.07) is 8.93. The lowest BCUT2D eigenvalue weighted by Crippen LogP contribution is -2.27. The Bertz CT molecular complexity index is 898. The molecule has 1 fully saturated rings. The van der Waals surface area contributed by atoms with Gasteiger partial charge in [0.15, 0.2) is 5.65 Å². The van der Waals surface area contributed by atoms with E-state index < -0.39 is 0 Å². The molecule has 3 aromatic rings. The molecule has 1 aliphatic heterocycles. The molecule has 5 nitrogen and oxygen atoms in total. The van der Waals surface area contributed by atoms with Crippen LogP contribution in [0.4, 0.5) is 17.3 Å². The number of fused-ring (bicyclic) bond motifs is 1. The Labute approximate surface area is 148 Å². The van der Waals surface area contributed by atoms with Gasteiger partial charge >= 0.3 is 0 Å². The Hall–Kier alpha value is -2.56. The largest absolute Gasteiger partial charge is 0.354 e. The average molecular weight is 335 g/mol. The van der Waals surface area contributed by atoms with Crippen LogP contribution in [0.2, 0.25) is 0 Å². The normalized spacial score (nSPS) is 17.4. The van der Waals surface area contributed by atoms with Crippen molar-refractivity contribution in [1.82, 2.24) is 14.4 Å². The van der Waals surface area contributed by atoms with E-state index in [9.17, 15) is 0 Å². The van der Waals surface area contributed by atoms with Gasteiger partial charge < -0.3 is 14.6 Å². The van der Waals surface area contributed by atoms with Crippen LogP contribution in [0.3, 0.4) is 0 Å². The van der Waals surface area contributed by atoms with Crippen molar-refractivity contribution in [2.24, 2.45) is 0 Å². The van der Waals surface area contributed by atoms with Crippen molar-refractivity contribution in [1.29, 1.82) is 0 Å². The molecule has 1 saturated heterocycles. The van der Waals surface area contributed by atoms with Gasteiger partial charge in [0.1, 0.15) is 11.6 Å². The van der Waals surface area contributed by atoms with E-state index in [2.05, 4.69) is 58.6 Å². The molecular weight excluding hydrogens is 310 g/mol. The number of imidazole rings is 1. The van der Waals surface area contributed by atoms with Crippen molar-refractivity contribution in [3.8, 4) is 0 Å². The topological polar surface area (TPSA) is 45.5 Å². The Morgan fingerprint density at radius 2 is 2.20 bits per heavy atom. The number of hydrogen-bond acceptors (Lipinski definition) is 4. The lowest BCUT2D eigenvalue weighted by atomic mass is 10.1. The Kier molecular flexibility index (Phi) is 4.07. The molecule has 1 N–H and O–H groups in total. The summed E-state index contributed by atoms with van der Waals surface area (Å²) in [5.41, 5.74) is 4.51. The molecule has 4 heterocycles. The van der Waals surface area contributed by atoms with Crippen LogP contribution >= 0.6 is 0 Å². The predicted molar refractivity (Wildman–Crippen MR) is 103 cm³/mol. The standard InChI is InChI=1S/C20H25N5/c1-4-17-14(2)13-16(20-21-10-12-25(17)20)22-18-8-5-9-19(23-18)24-11-6-7-15(24)3/h5,8-10,12-13,15H,4,6-7,11H2,1-3H3,(H,22,23). The molecule has 1 aliphatic rings. The molecular formula is C20H25N5. The van der Waals surface area contributed by atoms with E-state index in [1.807, 2.05) is 18.5 Å². The molecule has 4 rings (SSSR count). The zero-order valence-corrected chi connectivity index (χ0v) is 15.2. The highest BCUT2D eigenvalue weighted by Gasteiger charge is 2.21. The third kappa shape index (κ3) is 2.84. The molecule has 130 valence electrons. The first kappa shape index (κ1) is 15.9. The van der Waals surface area contributed by atoms with Crippen molar-refractivity contribution in [3.05, 3.63) is 47.9 Å². The maximum Gasteiger partial charge on any atom is 0.160 e. The third-order valence-electron chi connectivity index (χ3n) is 5.17. The summed E-state index contributed by atoms with van der Waals surface area (Å²) in [6.07, 6.45) is 7.36. The molecule has 3 aromatic heterocycles. The van der Waals surface area contributed by atoms with Crippen molar-refractivity contribution in [2.75, 3.05) is 16.8 Å². The van der Waals surface area contributed by atoms with E-state index in [-0.39, 0.29) is 0 Å². The number of aryl methyl sites for hydroxylation is 2. The molecule has 5 heteroatoms. The van der Waals surface area contributed by atoms with E-state index in [0.717, 1.165) is 35.9 Å². The fraction of sp³-hybridized carbons (Fsp3) is 0.400. The number of aromatic nitrogens is 3. The van der Waals surface area contributed by atoms with Crippen LogP contribution in [0, 0.1) is 6.92 Å². The van der Waals surface area contributed by atoms with Gasteiger partial charge in [-0.1, -0.05) is 13.0 Å². The summed E-state index contributed by atoms with van der Waals surface area (Å²) >= 11 is 0. The van der Waals surface area contributed by atoms with E-state index in [1.54, 1.807) is 0 Å². The van der Waals surface area contributed by atoms with Gasteiger partial charge in [-0.3, -0.25) is 0 Å². The van der Waals surface area contributed by atoms with Gasteiger partial charge in [-0.25, -0.2) is 9.97 Å². The van der Waals surface area contributed by atoms with Gasteiger partial charge in [0.2, 0.25) is 0 Å². The molecule has 1 unspecified atom stereocenters. The molecule has 0 aromatic carbocycles. The first-order valence-electron chi connectivity index (χ1n) is 9.13. The minimum atomic E-state index is 0.563. The molecule has 0 bridgehead atoms. The minimum absolute atomic E-state index is 0.563. The summed E-state index contributed by atoms with van der Waals surface area (Å²) in [5, 5.41) is 3.48. The van der Waals surface area contributed by atoms with Crippen molar-refractivity contribution < 1.29 is 0 Å². The van der Waals surface area contributed by atoms with Crippen LogP contribution in [0.1, 0.15) is 37.9 Å². The van der Waals surface area contributed by atoms with Gasteiger partial charge in [0, 0.05) is 30.7 Å². The predicted octanol–water partition coefficient (Wildman–Crippen LogP) is 4.33. The average Bonchev–Trinajstić information content (AvgIpc) is 3.24. The highest BCUT2D eigenvalue weighted by Crippen LogP contribution is 2.27. The second-order valence-electron chi connectivity index (χ2n) is 6.85. The number of nitrogens with one attached hydrogen (secondary N) is 1. The smallest absolute Gasteiger partial charge is 0.160 e. The van der Waals surface area contributed by atoms with Gasteiger partial charge in [0.05, 0.1) is 5.69 Å². The Morgan fingerprint density at radius 1 is 1.32 bits per heavy atom. The first-order valence-corrected chi connectivity index (χ1v) is 9.13. The van der Waals surface area contributed by atoms with E-state index in [4.69, 9.17) is 4.98 Å². The molecule has 25 heavy (non-hydrogen) atoms. The van der Waals surface area contributed by atoms with E-state index in [1.165, 1.54) is 24.1 Å². The fourth-order valence-corrected chi connectivity index (χ4v) is 3.88. The number of rotatable bonds is 4. The third-order valence-corrected chi connectivity index (χ3v) is 5.17. The molecule has 1 atom stereocenters. The lowest BCUT2D eigenvalue weighted by molar-refractivity contribution is 0.727.